The summed E-state index contributed by atoms with van der Waals surface area (Å²) < 4.78 is 0.831. The Morgan fingerprint density at radius 3 is 2.79 bits per heavy atom. The molecule has 0 fully saturated rings. The molecule has 2 nitrogen and oxygen atoms in total. The zero-order chi connectivity index (χ0) is 13.8. The van der Waals surface area contributed by atoms with Crippen LogP contribution >= 0.6 is 27.5 Å². The molecule has 0 atom stereocenters. The summed E-state index contributed by atoms with van der Waals surface area (Å²) in [6.45, 7) is 2.51. The summed E-state index contributed by atoms with van der Waals surface area (Å²) in [5, 5.41) is 3.32. The highest BCUT2D eigenvalue weighted by Crippen LogP contribution is 2.20. The summed E-state index contributed by atoms with van der Waals surface area (Å²) in [5.41, 5.74) is 2.72. The molecule has 2 rings (SSSR count). The molecular formula is C15H13BrClNO. The minimum atomic E-state index is -0.173. The number of benzene rings is 2. The van der Waals surface area contributed by atoms with Crippen LogP contribution in [0.3, 0.4) is 0 Å². The van der Waals surface area contributed by atoms with E-state index in [0.29, 0.717) is 17.1 Å². The van der Waals surface area contributed by atoms with E-state index in [2.05, 4.69) is 21.2 Å². The van der Waals surface area contributed by atoms with Crippen LogP contribution in [0.4, 0.5) is 0 Å². The van der Waals surface area contributed by atoms with Gasteiger partial charge in [-0.2, -0.15) is 0 Å². The van der Waals surface area contributed by atoms with Crippen molar-refractivity contribution < 1.29 is 4.79 Å². The first-order valence-electron chi connectivity index (χ1n) is 5.85. The van der Waals surface area contributed by atoms with Gasteiger partial charge in [0.25, 0.3) is 5.91 Å². The summed E-state index contributed by atoms with van der Waals surface area (Å²) in [5.74, 6) is -0.173. The molecule has 0 bridgehead atoms. The van der Waals surface area contributed by atoms with Crippen molar-refractivity contribution in [2.24, 2.45) is 0 Å². The molecule has 0 heterocycles. The highest BCUT2D eigenvalue weighted by atomic mass is 79.9. The largest absolute Gasteiger partial charge is 0.348 e. The fraction of sp³-hybridized carbons (Fsp3) is 0.133. The van der Waals surface area contributed by atoms with Gasteiger partial charge in [0.2, 0.25) is 0 Å². The second kappa shape index (κ2) is 6.22. The second-order valence-electron chi connectivity index (χ2n) is 4.30. The molecule has 2 aromatic rings. The van der Waals surface area contributed by atoms with Gasteiger partial charge in [0.1, 0.15) is 0 Å². The van der Waals surface area contributed by atoms with E-state index < -0.39 is 0 Å². The van der Waals surface area contributed by atoms with Gasteiger partial charge < -0.3 is 5.32 Å². The van der Waals surface area contributed by atoms with Crippen LogP contribution in [-0.4, -0.2) is 5.91 Å². The van der Waals surface area contributed by atoms with Gasteiger partial charge in [-0.1, -0.05) is 57.4 Å². The number of aryl methyl sites for hydroxylation is 1. The van der Waals surface area contributed by atoms with Crippen molar-refractivity contribution in [2.45, 2.75) is 13.5 Å². The lowest BCUT2D eigenvalue weighted by atomic mass is 10.1. The Bertz CT molecular complexity index is 613. The molecule has 0 saturated carbocycles. The highest BCUT2D eigenvalue weighted by Gasteiger charge is 2.10. The van der Waals surface area contributed by atoms with Gasteiger partial charge in [0, 0.05) is 11.0 Å². The maximum absolute atomic E-state index is 12.1. The van der Waals surface area contributed by atoms with Crippen LogP contribution in [0.1, 0.15) is 21.5 Å². The topological polar surface area (TPSA) is 29.1 Å². The average Bonchev–Trinajstić information content (AvgIpc) is 2.39. The predicted molar refractivity (Wildman–Crippen MR) is 81.5 cm³/mol. The average molecular weight is 339 g/mol. The van der Waals surface area contributed by atoms with E-state index in [4.69, 9.17) is 11.6 Å². The quantitative estimate of drug-likeness (QED) is 0.886. The van der Waals surface area contributed by atoms with Crippen LogP contribution in [0.25, 0.3) is 0 Å². The van der Waals surface area contributed by atoms with Crippen LogP contribution in [-0.2, 0) is 6.54 Å². The SMILES string of the molecule is Cc1cccc(CNC(=O)c2cc(Br)ccc2Cl)c1. The second-order valence-corrected chi connectivity index (χ2v) is 5.62. The fourth-order valence-corrected chi connectivity index (χ4v) is 2.34. The lowest BCUT2D eigenvalue weighted by molar-refractivity contribution is 0.0951. The molecule has 1 N–H and O–H groups in total. The number of carbonyl (C=O) groups excluding carboxylic acids is 1. The Morgan fingerprint density at radius 2 is 2.05 bits per heavy atom. The molecule has 98 valence electrons. The summed E-state index contributed by atoms with van der Waals surface area (Å²) in [7, 11) is 0. The first-order chi connectivity index (χ1) is 9.06. The van der Waals surface area contributed by atoms with Crippen LogP contribution in [0.15, 0.2) is 46.9 Å². The Morgan fingerprint density at radius 1 is 1.26 bits per heavy atom. The summed E-state index contributed by atoms with van der Waals surface area (Å²) >= 11 is 9.35. The van der Waals surface area contributed by atoms with Crippen molar-refractivity contribution in [3.8, 4) is 0 Å². The molecule has 0 aromatic heterocycles. The van der Waals surface area contributed by atoms with Crippen LogP contribution in [0.2, 0.25) is 5.02 Å². The molecule has 0 saturated heterocycles. The van der Waals surface area contributed by atoms with Gasteiger partial charge in [-0.25, -0.2) is 0 Å². The van der Waals surface area contributed by atoms with E-state index in [9.17, 15) is 4.79 Å². The monoisotopic (exact) mass is 337 g/mol. The number of halogens is 2. The minimum Gasteiger partial charge on any atom is -0.348 e. The van der Waals surface area contributed by atoms with Crippen LogP contribution in [0, 0.1) is 6.92 Å². The number of carbonyl (C=O) groups is 1. The third-order valence-corrected chi connectivity index (χ3v) is 3.53. The number of amides is 1. The molecule has 4 heteroatoms. The number of hydrogen-bond acceptors (Lipinski definition) is 1. The molecule has 0 radical (unpaired) electrons. The third kappa shape index (κ3) is 3.82. The minimum absolute atomic E-state index is 0.173. The van der Waals surface area contributed by atoms with Crippen molar-refractivity contribution in [2.75, 3.05) is 0 Å². The number of nitrogens with one attached hydrogen (secondary N) is 1. The van der Waals surface area contributed by atoms with E-state index in [1.807, 2.05) is 31.2 Å². The van der Waals surface area contributed by atoms with Crippen LogP contribution < -0.4 is 5.32 Å². The van der Waals surface area contributed by atoms with Gasteiger partial charge >= 0.3 is 0 Å². The van der Waals surface area contributed by atoms with Gasteiger partial charge in [-0.05, 0) is 30.7 Å². The maximum Gasteiger partial charge on any atom is 0.253 e. The lowest BCUT2D eigenvalue weighted by Gasteiger charge is -2.08. The molecule has 0 spiro atoms. The third-order valence-electron chi connectivity index (χ3n) is 2.71. The van der Waals surface area contributed by atoms with E-state index in [1.165, 1.54) is 5.56 Å². The zero-order valence-corrected chi connectivity index (χ0v) is 12.8. The molecule has 0 aliphatic rings. The molecule has 0 aliphatic heterocycles. The van der Waals surface area contributed by atoms with Crippen molar-refractivity contribution >= 4 is 33.4 Å². The Balaban J connectivity index is 2.07. The normalized spacial score (nSPS) is 10.3. The number of rotatable bonds is 3. The zero-order valence-electron chi connectivity index (χ0n) is 10.4. The summed E-state index contributed by atoms with van der Waals surface area (Å²) in [4.78, 5) is 12.1. The summed E-state index contributed by atoms with van der Waals surface area (Å²) in [6, 6.07) is 13.2. The summed E-state index contributed by atoms with van der Waals surface area (Å²) in [6.07, 6.45) is 0. The van der Waals surface area contributed by atoms with Gasteiger partial charge in [0.05, 0.1) is 10.6 Å². The Kier molecular flexibility index (Phi) is 4.61. The molecule has 19 heavy (non-hydrogen) atoms. The van der Waals surface area contributed by atoms with E-state index in [-0.39, 0.29) is 5.91 Å². The molecule has 0 aliphatic carbocycles. The highest BCUT2D eigenvalue weighted by molar-refractivity contribution is 9.10. The van der Waals surface area contributed by atoms with E-state index >= 15 is 0 Å². The van der Waals surface area contributed by atoms with Crippen molar-refractivity contribution in [3.05, 3.63) is 68.7 Å². The first-order valence-corrected chi connectivity index (χ1v) is 7.02. The standard InChI is InChI=1S/C15H13BrClNO/c1-10-3-2-4-11(7-10)9-18-15(19)13-8-12(16)5-6-14(13)17/h2-8H,9H2,1H3,(H,18,19). The predicted octanol–water partition coefficient (Wildman–Crippen LogP) is 4.34. The smallest absolute Gasteiger partial charge is 0.253 e. The van der Waals surface area contributed by atoms with Crippen molar-refractivity contribution in [1.29, 1.82) is 0 Å². The molecule has 2 aromatic carbocycles. The lowest BCUT2D eigenvalue weighted by Crippen LogP contribution is -2.23. The molecule has 0 unspecified atom stereocenters. The number of hydrogen-bond donors (Lipinski definition) is 1. The Hall–Kier alpha value is -1.32. The fourth-order valence-electron chi connectivity index (χ4n) is 1.77. The van der Waals surface area contributed by atoms with Gasteiger partial charge in [0.15, 0.2) is 0 Å². The van der Waals surface area contributed by atoms with E-state index in [0.717, 1.165) is 10.0 Å². The maximum atomic E-state index is 12.1. The van der Waals surface area contributed by atoms with E-state index in [1.54, 1.807) is 18.2 Å². The van der Waals surface area contributed by atoms with Gasteiger partial charge in [-0.3, -0.25) is 4.79 Å². The van der Waals surface area contributed by atoms with Crippen LogP contribution in [0.5, 0.6) is 0 Å². The van der Waals surface area contributed by atoms with Gasteiger partial charge in [-0.15, -0.1) is 0 Å². The first kappa shape index (κ1) is 14.1. The molecule has 1 amide bonds. The molecular weight excluding hydrogens is 326 g/mol. The van der Waals surface area contributed by atoms with Crippen molar-refractivity contribution in [1.82, 2.24) is 5.32 Å². The van der Waals surface area contributed by atoms with Crippen molar-refractivity contribution in [3.63, 3.8) is 0 Å². The Labute approximate surface area is 125 Å².